The van der Waals surface area contributed by atoms with E-state index in [1.807, 2.05) is 0 Å². The van der Waals surface area contributed by atoms with E-state index < -0.39 is 0 Å². The molecule has 18 heavy (non-hydrogen) atoms. The number of aryl methyl sites for hydroxylation is 1. The Morgan fingerprint density at radius 1 is 1.11 bits per heavy atom. The first kappa shape index (κ1) is 11.0. The molecule has 0 radical (unpaired) electrons. The summed E-state index contributed by atoms with van der Waals surface area (Å²) in [7, 11) is 0. The predicted molar refractivity (Wildman–Crippen MR) is 71.5 cm³/mol. The van der Waals surface area contributed by atoms with Gasteiger partial charge in [-0.3, -0.25) is 0 Å². The van der Waals surface area contributed by atoms with Gasteiger partial charge in [0, 0.05) is 12.6 Å². The van der Waals surface area contributed by atoms with Crippen molar-refractivity contribution in [1.82, 2.24) is 5.32 Å². The van der Waals surface area contributed by atoms with Gasteiger partial charge in [-0.05, 0) is 49.1 Å². The summed E-state index contributed by atoms with van der Waals surface area (Å²) in [5.74, 6) is 0.828. The number of hydrogen-bond acceptors (Lipinski definition) is 2. The Morgan fingerprint density at radius 3 is 2.89 bits per heavy atom. The average Bonchev–Trinajstić information content (AvgIpc) is 3.24. The number of morpholine rings is 1. The van der Waals surface area contributed by atoms with Crippen LogP contribution in [0.15, 0.2) is 24.3 Å². The van der Waals surface area contributed by atoms with Crippen LogP contribution in [0.2, 0.25) is 0 Å². The summed E-state index contributed by atoms with van der Waals surface area (Å²) in [5, 5.41) is 3.75. The normalized spacial score (nSPS) is 35.4. The van der Waals surface area contributed by atoms with Crippen LogP contribution >= 0.6 is 0 Å². The summed E-state index contributed by atoms with van der Waals surface area (Å²) in [6, 6.07) is 9.40. The van der Waals surface area contributed by atoms with Crippen molar-refractivity contribution < 1.29 is 4.74 Å². The summed E-state index contributed by atoms with van der Waals surface area (Å²) in [6.07, 6.45) is 7.22. The predicted octanol–water partition coefficient (Wildman–Crippen LogP) is 2.83. The van der Waals surface area contributed by atoms with E-state index in [2.05, 4.69) is 29.6 Å². The van der Waals surface area contributed by atoms with Crippen LogP contribution in [-0.4, -0.2) is 18.7 Å². The molecule has 3 unspecified atom stereocenters. The summed E-state index contributed by atoms with van der Waals surface area (Å²) in [5.41, 5.74) is 2.95. The monoisotopic (exact) mass is 243 g/mol. The van der Waals surface area contributed by atoms with Crippen LogP contribution in [0.5, 0.6) is 0 Å². The number of fused-ring (bicyclic) bond motifs is 3. The highest BCUT2D eigenvalue weighted by Crippen LogP contribution is 2.41. The van der Waals surface area contributed by atoms with E-state index in [-0.39, 0.29) is 0 Å². The van der Waals surface area contributed by atoms with Crippen molar-refractivity contribution in [3.8, 4) is 0 Å². The highest BCUT2D eigenvalue weighted by Gasteiger charge is 2.40. The minimum absolute atomic E-state index is 0.294. The molecular formula is C16H21NO. The van der Waals surface area contributed by atoms with E-state index in [1.165, 1.54) is 43.2 Å². The molecule has 2 nitrogen and oxygen atoms in total. The second-order valence-corrected chi connectivity index (χ2v) is 6.04. The third kappa shape index (κ3) is 1.88. The molecule has 0 bridgehead atoms. The lowest BCUT2D eigenvalue weighted by Crippen LogP contribution is -2.48. The van der Waals surface area contributed by atoms with E-state index in [0.29, 0.717) is 18.2 Å². The fourth-order valence-corrected chi connectivity index (χ4v) is 3.55. The molecule has 3 atom stereocenters. The van der Waals surface area contributed by atoms with Crippen molar-refractivity contribution in [3.63, 3.8) is 0 Å². The topological polar surface area (TPSA) is 21.3 Å². The Bertz CT molecular complexity index is 440. The number of ether oxygens (including phenoxy) is 1. The lowest BCUT2D eigenvalue weighted by Gasteiger charge is -2.37. The first-order valence-electron chi connectivity index (χ1n) is 7.38. The Hall–Kier alpha value is -0.860. The van der Waals surface area contributed by atoms with Crippen molar-refractivity contribution in [2.45, 2.75) is 50.4 Å². The second-order valence-electron chi connectivity index (χ2n) is 6.04. The lowest BCUT2D eigenvalue weighted by atomic mass is 9.96. The van der Waals surface area contributed by atoms with E-state index in [0.717, 1.165) is 12.5 Å². The van der Waals surface area contributed by atoms with E-state index in [4.69, 9.17) is 4.74 Å². The molecule has 0 spiro atoms. The maximum absolute atomic E-state index is 6.46. The molecule has 2 heteroatoms. The largest absolute Gasteiger partial charge is 0.367 e. The Kier molecular flexibility index (Phi) is 2.66. The molecule has 2 fully saturated rings. The first-order valence-corrected chi connectivity index (χ1v) is 7.38. The van der Waals surface area contributed by atoms with Gasteiger partial charge in [0.25, 0.3) is 0 Å². The van der Waals surface area contributed by atoms with Crippen LogP contribution in [0.25, 0.3) is 0 Å². The van der Waals surface area contributed by atoms with Crippen molar-refractivity contribution in [2.24, 2.45) is 5.92 Å². The van der Waals surface area contributed by atoms with E-state index in [1.54, 1.807) is 0 Å². The highest BCUT2D eigenvalue weighted by molar-refractivity contribution is 5.32. The average molecular weight is 243 g/mol. The Labute approximate surface area is 109 Å². The fourth-order valence-electron chi connectivity index (χ4n) is 3.55. The summed E-state index contributed by atoms with van der Waals surface area (Å²) in [4.78, 5) is 0. The van der Waals surface area contributed by atoms with Crippen molar-refractivity contribution >= 4 is 0 Å². The standard InChI is InChI=1S/C16H21NO/c1-2-6-13-11(4-1)5-3-7-14-16(13)18-15(10-17-14)12-8-9-12/h1-2,4,6,12,14-17H,3,5,7-10H2. The summed E-state index contributed by atoms with van der Waals surface area (Å²) < 4.78 is 6.46. The van der Waals surface area contributed by atoms with Gasteiger partial charge in [0.1, 0.15) is 0 Å². The molecular weight excluding hydrogens is 222 g/mol. The molecule has 1 saturated carbocycles. The highest BCUT2D eigenvalue weighted by atomic mass is 16.5. The molecule has 1 N–H and O–H groups in total. The van der Waals surface area contributed by atoms with Crippen LogP contribution in [0, 0.1) is 5.92 Å². The molecule has 1 aromatic carbocycles. The third-order valence-electron chi connectivity index (χ3n) is 4.74. The van der Waals surface area contributed by atoms with Gasteiger partial charge >= 0.3 is 0 Å². The number of rotatable bonds is 1. The molecule has 0 amide bonds. The summed E-state index contributed by atoms with van der Waals surface area (Å²) in [6.45, 7) is 1.06. The van der Waals surface area contributed by atoms with Crippen LogP contribution in [0.1, 0.15) is 42.9 Å². The third-order valence-corrected chi connectivity index (χ3v) is 4.74. The number of nitrogens with one attached hydrogen (secondary N) is 1. The maximum Gasteiger partial charge on any atom is 0.0985 e. The molecule has 1 saturated heterocycles. The Balaban J connectivity index is 1.66. The van der Waals surface area contributed by atoms with Crippen LogP contribution < -0.4 is 5.32 Å². The van der Waals surface area contributed by atoms with Gasteiger partial charge in [-0.25, -0.2) is 0 Å². The van der Waals surface area contributed by atoms with E-state index >= 15 is 0 Å². The van der Waals surface area contributed by atoms with Gasteiger partial charge in [-0.2, -0.15) is 0 Å². The van der Waals surface area contributed by atoms with Gasteiger partial charge in [0.15, 0.2) is 0 Å². The molecule has 0 aromatic heterocycles. The molecule has 3 aliphatic rings. The van der Waals surface area contributed by atoms with E-state index in [9.17, 15) is 0 Å². The lowest BCUT2D eigenvalue weighted by molar-refractivity contribution is -0.0751. The van der Waals surface area contributed by atoms with Gasteiger partial charge in [0.05, 0.1) is 12.2 Å². The summed E-state index contributed by atoms with van der Waals surface area (Å²) >= 11 is 0. The van der Waals surface area contributed by atoms with Crippen molar-refractivity contribution in [3.05, 3.63) is 35.4 Å². The quantitative estimate of drug-likeness (QED) is 0.819. The van der Waals surface area contributed by atoms with Crippen LogP contribution in [-0.2, 0) is 11.2 Å². The zero-order valence-corrected chi connectivity index (χ0v) is 10.8. The Morgan fingerprint density at radius 2 is 2.00 bits per heavy atom. The molecule has 4 rings (SSSR count). The van der Waals surface area contributed by atoms with Gasteiger partial charge in [-0.15, -0.1) is 0 Å². The fraction of sp³-hybridized carbons (Fsp3) is 0.625. The van der Waals surface area contributed by atoms with Gasteiger partial charge in [-0.1, -0.05) is 24.3 Å². The number of hydrogen-bond donors (Lipinski definition) is 1. The zero-order chi connectivity index (χ0) is 11.9. The molecule has 1 aromatic rings. The molecule has 2 aliphatic carbocycles. The number of benzene rings is 1. The second kappa shape index (κ2) is 4.36. The smallest absolute Gasteiger partial charge is 0.0985 e. The molecule has 96 valence electrons. The maximum atomic E-state index is 6.46. The molecule has 1 aliphatic heterocycles. The minimum Gasteiger partial charge on any atom is -0.367 e. The van der Waals surface area contributed by atoms with Crippen molar-refractivity contribution in [1.29, 1.82) is 0 Å². The molecule has 1 heterocycles. The SMILES string of the molecule is c1ccc2c(c1)CCCC1NCC(C3CC3)OC21. The van der Waals surface area contributed by atoms with Gasteiger partial charge < -0.3 is 10.1 Å². The van der Waals surface area contributed by atoms with Gasteiger partial charge in [0.2, 0.25) is 0 Å². The minimum atomic E-state index is 0.294. The van der Waals surface area contributed by atoms with Crippen LogP contribution in [0.3, 0.4) is 0 Å². The van der Waals surface area contributed by atoms with Crippen LogP contribution in [0.4, 0.5) is 0 Å². The van der Waals surface area contributed by atoms with Crippen molar-refractivity contribution in [2.75, 3.05) is 6.54 Å². The zero-order valence-electron chi connectivity index (χ0n) is 10.8. The first-order chi connectivity index (χ1) is 8.92.